The van der Waals surface area contributed by atoms with Crippen molar-refractivity contribution in [1.82, 2.24) is 19.7 Å². The van der Waals surface area contributed by atoms with Gasteiger partial charge in [-0.05, 0) is 57.4 Å². The van der Waals surface area contributed by atoms with E-state index in [1.807, 2.05) is 48.1 Å². The molecule has 5 rings (SSSR count). The number of halogens is 1. The number of ketones is 1. The zero-order valence-corrected chi connectivity index (χ0v) is 18.9. The van der Waals surface area contributed by atoms with Crippen LogP contribution in [0.5, 0.6) is 0 Å². The fourth-order valence-corrected chi connectivity index (χ4v) is 5.49. The van der Waals surface area contributed by atoms with Crippen LogP contribution in [0.1, 0.15) is 35.3 Å². The van der Waals surface area contributed by atoms with Crippen molar-refractivity contribution in [2.45, 2.75) is 39.5 Å². The summed E-state index contributed by atoms with van der Waals surface area (Å²) >= 11 is 8.18. The maximum absolute atomic E-state index is 11.7. The molecule has 0 saturated heterocycles. The van der Waals surface area contributed by atoms with Gasteiger partial charge in [-0.15, -0.1) is 11.3 Å². The standard InChI is InChI=1S/C24H21ClN4OS/c1-14-10-11-16(13-26-14)22-17-6-5-8-19-24(31-21(27-19)12-15(2)30)23(17)29(28-22)20-9-4-3-7-18(20)25/h3-4,7,9-11,13H,5-6,8,12H2,1-2H3. The highest BCUT2D eigenvalue weighted by molar-refractivity contribution is 7.15. The topological polar surface area (TPSA) is 60.7 Å². The molecule has 0 unspecified atom stereocenters. The summed E-state index contributed by atoms with van der Waals surface area (Å²) in [7, 11) is 0. The van der Waals surface area contributed by atoms with Crippen LogP contribution in [0, 0.1) is 6.92 Å². The summed E-state index contributed by atoms with van der Waals surface area (Å²) in [6.07, 6.45) is 5.00. The van der Waals surface area contributed by atoms with Crippen LogP contribution in [0.15, 0.2) is 42.6 Å². The number of carbonyl (C=O) groups is 1. The molecule has 0 amide bonds. The minimum atomic E-state index is 0.121. The van der Waals surface area contributed by atoms with Gasteiger partial charge in [0.15, 0.2) is 0 Å². The molecule has 0 atom stereocenters. The number of hydrogen-bond acceptors (Lipinski definition) is 5. The molecule has 3 heterocycles. The number of aryl methyl sites for hydroxylation is 2. The molecule has 7 heteroatoms. The normalized spacial score (nSPS) is 12.9. The van der Waals surface area contributed by atoms with Gasteiger partial charge in [-0.25, -0.2) is 9.67 Å². The van der Waals surface area contributed by atoms with Crippen molar-refractivity contribution >= 4 is 28.7 Å². The van der Waals surface area contributed by atoms with Gasteiger partial charge in [0, 0.05) is 23.0 Å². The Balaban J connectivity index is 1.78. The number of carbonyl (C=O) groups excluding carboxylic acids is 1. The summed E-state index contributed by atoms with van der Waals surface area (Å²) in [5.74, 6) is 0.121. The van der Waals surface area contributed by atoms with Gasteiger partial charge in [-0.3, -0.25) is 9.78 Å². The lowest BCUT2D eigenvalue weighted by Crippen LogP contribution is -2.00. The van der Waals surface area contributed by atoms with Gasteiger partial charge < -0.3 is 0 Å². The van der Waals surface area contributed by atoms with Crippen molar-refractivity contribution in [3.8, 4) is 27.5 Å². The average Bonchev–Trinajstić information content (AvgIpc) is 3.25. The predicted molar refractivity (Wildman–Crippen MR) is 124 cm³/mol. The molecule has 0 saturated carbocycles. The predicted octanol–water partition coefficient (Wildman–Crippen LogP) is 5.64. The lowest BCUT2D eigenvalue weighted by atomic mass is 10.0. The van der Waals surface area contributed by atoms with Gasteiger partial charge in [-0.2, -0.15) is 5.10 Å². The first-order valence-corrected chi connectivity index (χ1v) is 11.5. The zero-order chi connectivity index (χ0) is 21.5. The summed E-state index contributed by atoms with van der Waals surface area (Å²) in [5.41, 5.74) is 6.98. The van der Waals surface area contributed by atoms with E-state index in [0.717, 1.165) is 63.2 Å². The van der Waals surface area contributed by atoms with E-state index in [2.05, 4.69) is 11.1 Å². The van der Waals surface area contributed by atoms with E-state index < -0.39 is 0 Å². The van der Waals surface area contributed by atoms with Crippen molar-refractivity contribution in [3.05, 3.63) is 69.6 Å². The molecule has 1 aromatic carbocycles. The van der Waals surface area contributed by atoms with Crippen molar-refractivity contribution in [2.75, 3.05) is 0 Å². The molecule has 5 nitrogen and oxygen atoms in total. The van der Waals surface area contributed by atoms with Crippen LogP contribution < -0.4 is 0 Å². The van der Waals surface area contributed by atoms with E-state index in [-0.39, 0.29) is 5.78 Å². The van der Waals surface area contributed by atoms with Crippen LogP contribution in [-0.4, -0.2) is 25.5 Å². The molecule has 0 aliphatic heterocycles. The lowest BCUT2D eigenvalue weighted by Gasteiger charge is -2.09. The summed E-state index contributed by atoms with van der Waals surface area (Å²) in [6, 6.07) is 11.8. The molecule has 1 aliphatic carbocycles. The summed E-state index contributed by atoms with van der Waals surface area (Å²) in [4.78, 5) is 22.1. The van der Waals surface area contributed by atoms with Crippen molar-refractivity contribution in [1.29, 1.82) is 0 Å². The van der Waals surface area contributed by atoms with E-state index in [4.69, 9.17) is 21.7 Å². The molecular weight excluding hydrogens is 428 g/mol. The van der Waals surface area contributed by atoms with Gasteiger partial charge in [0.1, 0.15) is 10.8 Å². The first kappa shape index (κ1) is 20.1. The summed E-state index contributed by atoms with van der Waals surface area (Å²) in [6.45, 7) is 3.58. The van der Waals surface area contributed by atoms with E-state index in [1.165, 1.54) is 5.56 Å². The highest BCUT2D eigenvalue weighted by Gasteiger charge is 2.28. The Kier molecular flexibility index (Phi) is 5.20. The third kappa shape index (κ3) is 3.70. The number of benzene rings is 1. The highest BCUT2D eigenvalue weighted by atomic mass is 35.5. The Morgan fingerprint density at radius 1 is 1.19 bits per heavy atom. The number of pyridine rings is 1. The lowest BCUT2D eigenvalue weighted by molar-refractivity contribution is -0.116. The van der Waals surface area contributed by atoms with Crippen LogP contribution in [0.2, 0.25) is 5.02 Å². The largest absolute Gasteiger partial charge is 0.300 e. The molecule has 4 aromatic rings. The van der Waals surface area contributed by atoms with Crippen molar-refractivity contribution < 1.29 is 4.79 Å². The first-order valence-electron chi connectivity index (χ1n) is 10.3. The fraction of sp³-hybridized carbons (Fsp3) is 0.250. The number of rotatable bonds is 4. The minimum Gasteiger partial charge on any atom is -0.300 e. The molecule has 0 fully saturated rings. The smallest absolute Gasteiger partial charge is 0.136 e. The fourth-order valence-electron chi connectivity index (χ4n) is 4.03. The third-order valence-electron chi connectivity index (χ3n) is 5.45. The quantitative estimate of drug-likeness (QED) is 0.405. The second-order valence-corrected chi connectivity index (χ2v) is 9.33. The van der Waals surface area contributed by atoms with Gasteiger partial charge in [0.05, 0.1) is 39.1 Å². The molecule has 0 bridgehead atoms. The Bertz CT molecular complexity index is 1290. The number of nitrogens with zero attached hydrogens (tertiary/aromatic N) is 4. The van der Waals surface area contributed by atoms with Crippen LogP contribution in [0.4, 0.5) is 0 Å². The Morgan fingerprint density at radius 3 is 2.77 bits per heavy atom. The Morgan fingerprint density at radius 2 is 2.03 bits per heavy atom. The maximum Gasteiger partial charge on any atom is 0.136 e. The van der Waals surface area contributed by atoms with Crippen LogP contribution in [0.25, 0.3) is 27.5 Å². The molecular formula is C24H21ClN4OS. The maximum atomic E-state index is 11.7. The second kappa shape index (κ2) is 8.02. The Labute approximate surface area is 189 Å². The molecule has 156 valence electrons. The molecule has 3 aromatic heterocycles. The summed E-state index contributed by atoms with van der Waals surface area (Å²) in [5, 5.41) is 6.53. The van der Waals surface area contributed by atoms with E-state index in [9.17, 15) is 4.79 Å². The third-order valence-corrected chi connectivity index (χ3v) is 6.87. The van der Waals surface area contributed by atoms with E-state index in [0.29, 0.717) is 11.4 Å². The average molecular weight is 449 g/mol. The number of aromatic nitrogens is 4. The highest BCUT2D eigenvalue weighted by Crippen LogP contribution is 2.42. The summed E-state index contributed by atoms with van der Waals surface area (Å²) < 4.78 is 1.95. The number of fused-ring (bicyclic) bond motifs is 3. The van der Waals surface area contributed by atoms with E-state index >= 15 is 0 Å². The van der Waals surface area contributed by atoms with Crippen molar-refractivity contribution in [2.24, 2.45) is 0 Å². The first-order chi connectivity index (χ1) is 15.0. The second-order valence-electron chi connectivity index (χ2n) is 7.84. The van der Waals surface area contributed by atoms with Gasteiger partial charge in [0.2, 0.25) is 0 Å². The number of para-hydroxylation sites is 1. The van der Waals surface area contributed by atoms with Gasteiger partial charge >= 0.3 is 0 Å². The van der Waals surface area contributed by atoms with Gasteiger partial charge in [-0.1, -0.05) is 23.7 Å². The zero-order valence-electron chi connectivity index (χ0n) is 17.4. The molecule has 31 heavy (non-hydrogen) atoms. The molecule has 0 radical (unpaired) electrons. The van der Waals surface area contributed by atoms with Crippen LogP contribution in [-0.2, 0) is 24.1 Å². The number of thiazole rings is 1. The Hall–Kier alpha value is -2.83. The van der Waals surface area contributed by atoms with Crippen LogP contribution >= 0.6 is 22.9 Å². The number of Topliss-reactive ketones (excluding diaryl/α,β-unsaturated/α-hetero) is 1. The number of hydrogen-bond donors (Lipinski definition) is 0. The minimum absolute atomic E-state index is 0.121. The molecule has 1 aliphatic rings. The molecule has 0 N–H and O–H groups in total. The molecule has 0 spiro atoms. The SMILES string of the molecule is CC(=O)Cc1nc2c(s1)-c1c(c(-c3ccc(C)nc3)nn1-c1ccccc1Cl)CCC2. The monoisotopic (exact) mass is 448 g/mol. The van der Waals surface area contributed by atoms with E-state index in [1.54, 1.807) is 18.3 Å². The van der Waals surface area contributed by atoms with Crippen molar-refractivity contribution in [3.63, 3.8) is 0 Å². The van der Waals surface area contributed by atoms with Gasteiger partial charge in [0.25, 0.3) is 0 Å². The van der Waals surface area contributed by atoms with Crippen LogP contribution in [0.3, 0.4) is 0 Å².